The van der Waals surface area contributed by atoms with Crippen LogP contribution in [-0.4, -0.2) is 43.8 Å². The van der Waals surface area contributed by atoms with Crippen LogP contribution in [0.1, 0.15) is 68.0 Å². The Morgan fingerprint density at radius 1 is 1.48 bits per heavy atom. The molecule has 1 aliphatic carbocycles. The molecule has 4 rings (SSSR count). The summed E-state index contributed by atoms with van der Waals surface area (Å²) in [5.41, 5.74) is 0.488. The van der Waals surface area contributed by atoms with Crippen molar-refractivity contribution in [3.05, 3.63) is 29.7 Å². The van der Waals surface area contributed by atoms with E-state index in [-0.39, 0.29) is 17.2 Å². The first-order valence-electron chi connectivity index (χ1n) is 9.19. The molecule has 0 unspecified atom stereocenters. The average molecular weight is 343 g/mol. The Morgan fingerprint density at radius 2 is 2.32 bits per heavy atom. The van der Waals surface area contributed by atoms with Gasteiger partial charge in [-0.05, 0) is 25.7 Å². The lowest BCUT2D eigenvalue weighted by molar-refractivity contribution is 0.0775. The molecule has 2 aliphatic rings. The largest absolute Gasteiger partial charge is 0.339 e. The van der Waals surface area contributed by atoms with Crippen LogP contribution < -0.4 is 0 Å². The van der Waals surface area contributed by atoms with Crippen molar-refractivity contribution in [1.82, 2.24) is 24.8 Å². The lowest BCUT2D eigenvalue weighted by Crippen LogP contribution is -2.34. The van der Waals surface area contributed by atoms with Crippen LogP contribution in [0.5, 0.6) is 0 Å². The lowest BCUT2D eigenvalue weighted by atomic mass is 9.80. The molecular formula is C18H25N5O2. The van der Waals surface area contributed by atoms with Gasteiger partial charge < -0.3 is 9.42 Å². The number of nitrogens with zero attached hydrogens (tertiary/aromatic N) is 5. The number of aryl methyl sites for hydroxylation is 1. The van der Waals surface area contributed by atoms with Gasteiger partial charge in [0.05, 0.1) is 17.2 Å². The SMILES string of the molecule is CCn1cc(C(=O)N2C[C@H]3CCC[C@@]3(c3nc(C(C)C)no3)C2)cn1. The van der Waals surface area contributed by atoms with Gasteiger partial charge in [0, 0.05) is 31.7 Å². The summed E-state index contributed by atoms with van der Waals surface area (Å²) in [6, 6.07) is 0. The van der Waals surface area contributed by atoms with Crippen LogP contribution in [0.3, 0.4) is 0 Å². The normalized spacial score (nSPS) is 25.8. The van der Waals surface area contributed by atoms with Gasteiger partial charge in [0.1, 0.15) is 0 Å². The smallest absolute Gasteiger partial charge is 0.257 e. The van der Waals surface area contributed by atoms with E-state index < -0.39 is 0 Å². The number of aromatic nitrogens is 4. The molecule has 1 saturated carbocycles. The zero-order chi connectivity index (χ0) is 17.6. The van der Waals surface area contributed by atoms with Gasteiger partial charge in [0.15, 0.2) is 5.82 Å². The summed E-state index contributed by atoms with van der Waals surface area (Å²) in [7, 11) is 0. The number of fused-ring (bicyclic) bond motifs is 1. The molecule has 0 spiro atoms. The maximum atomic E-state index is 12.9. The Kier molecular flexibility index (Phi) is 3.89. The molecule has 134 valence electrons. The van der Waals surface area contributed by atoms with Crippen molar-refractivity contribution in [3.63, 3.8) is 0 Å². The first kappa shape index (κ1) is 16.3. The molecule has 2 fully saturated rings. The highest BCUT2D eigenvalue weighted by Gasteiger charge is 2.55. The second-order valence-corrected chi connectivity index (χ2v) is 7.63. The minimum Gasteiger partial charge on any atom is -0.339 e. The molecule has 7 heteroatoms. The first-order valence-corrected chi connectivity index (χ1v) is 9.19. The molecule has 0 radical (unpaired) electrons. The molecular weight excluding hydrogens is 318 g/mol. The van der Waals surface area contributed by atoms with Gasteiger partial charge >= 0.3 is 0 Å². The monoisotopic (exact) mass is 343 g/mol. The Hall–Kier alpha value is -2.18. The first-order chi connectivity index (χ1) is 12.0. The highest BCUT2D eigenvalue weighted by molar-refractivity contribution is 5.94. The standard InChI is InChI=1S/C18H25N5O2/c1-4-23-9-13(8-19-23)16(24)22-10-14-6-5-7-18(14,11-22)17-20-15(12(2)3)21-25-17/h8-9,12,14H,4-7,10-11H2,1-3H3/t14-,18-/m1/s1. The number of likely N-dealkylation sites (tertiary alicyclic amines) is 1. The predicted molar refractivity (Wildman–Crippen MR) is 91.2 cm³/mol. The van der Waals surface area contributed by atoms with Crippen LogP contribution in [0, 0.1) is 5.92 Å². The molecule has 2 aromatic heterocycles. The van der Waals surface area contributed by atoms with Gasteiger partial charge in [-0.1, -0.05) is 25.4 Å². The molecule has 2 aromatic rings. The van der Waals surface area contributed by atoms with E-state index in [9.17, 15) is 4.79 Å². The maximum absolute atomic E-state index is 12.9. The highest BCUT2D eigenvalue weighted by Crippen LogP contribution is 2.50. The molecule has 3 heterocycles. The fourth-order valence-electron chi connectivity index (χ4n) is 4.29. The van der Waals surface area contributed by atoms with Gasteiger partial charge in [0.2, 0.25) is 5.89 Å². The Balaban J connectivity index is 1.59. The summed E-state index contributed by atoms with van der Waals surface area (Å²) >= 11 is 0. The quantitative estimate of drug-likeness (QED) is 0.853. The number of hydrogen-bond donors (Lipinski definition) is 0. The van der Waals surface area contributed by atoms with Gasteiger partial charge in [0.25, 0.3) is 5.91 Å². The molecule has 7 nitrogen and oxygen atoms in total. The van der Waals surface area contributed by atoms with E-state index in [1.807, 2.05) is 18.0 Å². The molecule has 0 bridgehead atoms. The van der Waals surface area contributed by atoms with Crippen LogP contribution in [0.15, 0.2) is 16.9 Å². The zero-order valence-corrected chi connectivity index (χ0v) is 15.1. The third-order valence-electron chi connectivity index (χ3n) is 5.75. The van der Waals surface area contributed by atoms with Crippen molar-refractivity contribution in [3.8, 4) is 0 Å². The van der Waals surface area contributed by atoms with Crippen molar-refractivity contribution in [2.24, 2.45) is 5.92 Å². The Morgan fingerprint density at radius 3 is 3.00 bits per heavy atom. The molecule has 1 saturated heterocycles. The second-order valence-electron chi connectivity index (χ2n) is 7.63. The van der Waals surface area contributed by atoms with Crippen molar-refractivity contribution in [1.29, 1.82) is 0 Å². The summed E-state index contributed by atoms with van der Waals surface area (Å²) in [5.74, 6) is 2.17. The summed E-state index contributed by atoms with van der Waals surface area (Å²) in [4.78, 5) is 19.5. The van der Waals surface area contributed by atoms with Gasteiger partial charge in [-0.3, -0.25) is 9.48 Å². The number of carbonyl (C=O) groups excluding carboxylic acids is 1. The van der Waals surface area contributed by atoms with Crippen molar-refractivity contribution >= 4 is 5.91 Å². The fraction of sp³-hybridized carbons (Fsp3) is 0.667. The van der Waals surface area contributed by atoms with Crippen LogP contribution in [0.4, 0.5) is 0 Å². The van der Waals surface area contributed by atoms with Crippen LogP contribution >= 0.6 is 0 Å². The van der Waals surface area contributed by atoms with Crippen molar-refractivity contribution in [2.45, 2.75) is 57.9 Å². The van der Waals surface area contributed by atoms with Gasteiger partial charge in [-0.25, -0.2) is 0 Å². The van der Waals surface area contributed by atoms with Gasteiger partial charge in [-0.15, -0.1) is 0 Å². The van der Waals surface area contributed by atoms with E-state index in [1.54, 1.807) is 10.9 Å². The number of carbonyl (C=O) groups is 1. The molecule has 1 amide bonds. The molecule has 0 N–H and O–H groups in total. The number of amides is 1. The summed E-state index contributed by atoms with van der Waals surface area (Å²) in [6.45, 7) is 8.32. The predicted octanol–water partition coefficient (Wildman–Crippen LogP) is 2.60. The molecule has 1 aliphatic heterocycles. The molecule has 2 atom stereocenters. The average Bonchev–Trinajstić information content (AvgIpc) is 3.34. The van der Waals surface area contributed by atoms with E-state index in [4.69, 9.17) is 4.52 Å². The lowest BCUT2D eigenvalue weighted by Gasteiger charge is -2.24. The Labute approximate surface area is 147 Å². The van der Waals surface area contributed by atoms with E-state index in [0.29, 0.717) is 18.0 Å². The van der Waals surface area contributed by atoms with E-state index in [2.05, 4.69) is 29.1 Å². The van der Waals surface area contributed by atoms with Crippen molar-refractivity contribution < 1.29 is 9.32 Å². The minimum absolute atomic E-state index is 0.0528. The fourth-order valence-corrected chi connectivity index (χ4v) is 4.29. The highest BCUT2D eigenvalue weighted by atomic mass is 16.5. The summed E-state index contributed by atoms with van der Waals surface area (Å²) < 4.78 is 7.44. The summed E-state index contributed by atoms with van der Waals surface area (Å²) in [6.07, 6.45) is 6.76. The van der Waals surface area contributed by atoms with Crippen molar-refractivity contribution in [2.75, 3.05) is 13.1 Å². The van der Waals surface area contributed by atoms with Gasteiger partial charge in [-0.2, -0.15) is 10.1 Å². The molecule has 25 heavy (non-hydrogen) atoms. The van der Waals surface area contributed by atoms with E-state index in [1.165, 1.54) is 0 Å². The topological polar surface area (TPSA) is 77.0 Å². The van der Waals surface area contributed by atoms with Crippen LogP contribution in [0.25, 0.3) is 0 Å². The second kappa shape index (κ2) is 5.97. The third-order valence-corrected chi connectivity index (χ3v) is 5.75. The van der Waals surface area contributed by atoms with Crippen LogP contribution in [0.2, 0.25) is 0 Å². The Bertz CT molecular complexity index is 780. The maximum Gasteiger partial charge on any atom is 0.257 e. The number of rotatable bonds is 4. The minimum atomic E-state index is -0.170. The van der Waals surface area contributed by atoms with Crippen LogP contribution in [-0.2, 0) is 12.0 Å². The zero-order valence-electron chi connectivity index (χ0n) is 15.1. The van der Waals surface area contributed by atoms with E-state index in [0.717, 1.165) is 44.1 Å². The number of hydrogen-bond acceptors (Lipinski definition) is 5. The molecule has 0 aromatic carbocycles. The third kappa shape index (κ3) is 2.56. The summed E-state index contributed by atoms with van der Waals surface area (Å²) in [5, 5.41) is 8.38. The van der Waals surface area contributed by atoms with E-state index >= 15 is 0 Å².